The first kappa shape index (κ1) is 13.4. The van der Waals surface area contributed by atoms with Crippen molar-refractivity contribution in [3.63, 3.8) is 0 Å². The lowest BCUT2D eigenvalue weighted by Gasteiger charge is -2.27. The van der Waals surface area contributed by atoms with Crippen LogP contribution in [0.25, 0.3) is 0 Å². The highest BCUT2D eigenvalue weighted by Gasteiger charge is 2.66. The fourth-order valence-electron chi connectivity index (χ4n) is 2.87. The van der Waals surface area contributed by atoms with E-state index in [1.165, 1.54) is 12.8 Å². The van der Waals surface area contributed by atoms with E-state index in [1.807, 2.05) is 32.6 Å². The zero-order valence-electron chi connectivity index (χ0n) is 11.6. The summed E-state index contributed by atoms with van der Waals surface area (Å²) in [5.74, 6) is -1.01. The van der Waals surface area contributed by atoms with Gasteiger partial charge in [-0.05, 0) is 38.0 Å². The van der Waals surface area contributed by atoms with Crippen LogP contribution in [-0.4, -0.2) is 34.5 Å². The van der Waals surface area contributed by atoms with Gasteiger partial charge in [-0.3, -0.25) is 9.59 Å². The van der Waals surface area contributed by atoms with E-state index in [-0.39, 0.29) is 23.3 Å². The maximum Gasteiger partial charge on any atom is 0.307 e. The number of nitrogens with zero attached hydrogens (tertiary/aromatic N) is 1. The molecule has 2 rings (SSSR count). The minimum atomic E-state index is -0.839. The Morgan fingerprint density at radius 1 is 1.28 bits per heavy atom. The van der Waals surface area contributed by atoms with Gasteiger partial charge in [-0.15, -0.1) is 0 Å². The van der Waals surface area contributed by atoms with E-state index >= 15 is 0 Å². The molecule has 0 heterocycles. The zero-order chi connectivity index (χ0) is 13.7. The van der Waals surface area contributed by atoms with Crippen LogP contribution in [0.15, 0.2) is 0 Å². The van der Waals surface area contributed by atoms with Gasteiger partial charge in [0, 0.05) is 12.6 Å². The van der Waals surface area contributed by atoms with Gasteiger partial charge in [0.2, 0.25) is 5.91 Å². The number of carbonyl (C=O) groups is 2. The van der Waals surface area contributed by atoms with Crippen molar-refractivity contribution in [1.82, 2.24) is 4.90 Å². The van der Waals surface area contributed by atoms with Crippen molar-refractivity contribution in [2.45, 2.75) is 46.6 Å². The monoisotopic (exact) mass is 253 g/mol. The Hall–Kier alpha value is -1.06. The highest BCUT2D eigenvalue weighted by atomic mass is 16.4. The zero-order valence-corrected chi connectivity index (χ0v) is 11.6. The van der Waals surface area contributed by atoms with E-state index < -0.39 is 11.9 Å². The molecular formula is C14H23NO3. The van der Waals surface area contributed by atoms with Crippen molar-refractivity contribution in [3.05, 3.63) is 0 Å². The number of hydrogen-bond donors (Lipinski definition) is 1. The van der Waals surface area contributed by atoms with Gasteiger partial charge in [0.1, 0.15) is 0 Å². The molecule has 0 aromatic heterocycles. The lowest BCUT2D eigenvalue weighted by atomic mass is 10.1. The molecule has 2 aliphatic carbocycles. The Bertz CT molecular complexity index is 371. The van der Waals surface area contributed by atoms with Gasteiger partial charge in [-0.25, -0.2) is 0 Å². The fourth-order valence-corrected chi connectivity index (χ4v) is 2.87. The average molecular weight is 253 g/mol. The minimum absolute atomic E-state index is 0.0364. The molecule has 0 unspecified atom stereocenters. The summed E-state index contributed by atoms with van der Waals surface area (Å²) in [7, 11) is 0. The molecule has 0 radical (unpaired) electrons. The molecule has 2 aliphatic rings. The first-order valence-corrected chi connectivity index (χ1v) is 6.80. The molecule has 4 nitrogen and oxygen atoms in total. The van der Waals surface area contributed by atoms with Crippen molar-refractivity contribution < 1.29 is 14.7 Å². The molecule has 1 N–H and O–H groups in total. The predicted octanol–water partition coefficient (Wildman–Crippen LogP) is 1.99. The summed E-state index contributed by atoms with van der Waals surface area (Å²) in [5, 5.41) is 9.15. The van der Waals surface area contributed by atoms with Gasteiger partial charge in [0.15, 0.2) is 0 Å². The number of carboxylic acids is 1. The first-order valence-electron chi connectivity index (χ1n) is 6.80. The second-order valence-electron chi connectivity index (χ2n) is 6.64. The Labute approximate surface area is 108 Å². The highest BCUT2D eigenvalue weighted by molar-refractivity contribution is 5.91. The van der Waals surface area contributed by atoms with Crippen LogP contribution in [0.2, 0.25) is 0 Å². The van der Waals surface area contributed by atoms with Crippen LogP contribution in [0.1, 0.15) is 40.5 Å². The predicted molar refractivity (Wildman–Crippen MR) is 68.0 cm³/mol. The molecule has 18 heavy (non-hydrogen) atoms. The number of carboxylic acid groups (broad SMARTS) is 1. The summed E-state index contributed by atoms with van der Waals surface area (Å²) in [6.07, 6.45) is 2.40. The number of hydrogen-bond acceptors (Lipinski definition) is 2. The Kier molecular flexibility index (Phi) is 3.16. The lowest BCUT2D eigenvalue weighted by molar-refractivity contribution is -0.142. The summed E-state index contributed by atoms with van der Waals surface area (Å²) >= 11 is 0. The highest BCUT2D eigenvalue weighted by Crippen LogP contribution is 2.59. The largest absolute Gasteiger partial charge is 0.481 e. The van der Waals surface area contributed by atoms with Crippen molar-refractivity contribution in [2.75, 3.05) is 6.54 Å². The summed E-state index contributed by atoms with van der Waals surface area (Å²) in [6.45, 7) is 8.57. The molecule has 2 atom stereocenters. The smallest absolute Gasteiger partial charge is 0.307 e. The van der Waals surface area contributed by atoms with Crippen molar-refractivity contribution in [1.29, 1.82) is 0 Å². The van der Waals surface area contributed by atoms with Crippen molar-refractivity contribution >= 4 is 11.9 Å². The SMILES string of the molecule is CC(C)N(CC1CC1)C(=O)[C@H]1[C@@H](C(=O)O)C1(C)C. The van der Waals surface area contributed by atoms with Crippen LogP contribution < -0.4 is 0 Å². The van der Waals surface area contributed by atoms with Crippen LogP contribution in [-0.2, 0) is 9.59 Å². The van der Waals surface area contributed by atoms with Crippen LogP contribution >= 0.6 is 0 Å². The van der Waals surface area contributed by atoms with Crippen molar-refractivity contribution in [3.8, 4) is 0 Å². The van der Waals surface area contributed by atoms with Crippen molar-refractivity contribution in [2.24, 2.45) is 23.2 Å². The van der Waals surface area contributed by atoms with Gasteiger partial charge in [0.05, 0.1) is 11.8 Å². The Morgan fingerprint density at radius 3 is 2.17 bits per heavy atom. The second-order valence-corrected chi connectivity index (χ2v) is 6.64. The van der Waals surface area contributed by atoms with Gasteiger partial charge in [-0.2, -0.15) is 0 Å². The van der Waals surface area contributed by atoms with Crippen LogP contribution in [0.4, 0.5) is 0 Å². The first-order chi connectivity index (χ1) is 8.26. The molecule has 2 fully saturated rings. The maximum absolute atomic E-state index is 12.5. The van der Waals surface area contributed by atoms with E-state index in [2.05, 4.69) is 0 Å². The fraction of sp³-hybridized carbons (Fsp3) is 0.857. The van der Waals surface area contributed by atoms with Crippen LogP contribution in [0.5, 0.6) is 0 Å². The van der Waals surface area contributed by atoms with E-state index in [4.69, 9.17) is 5.11 Å². The summed E-state index contributed by atoms with van der Waals surface area (Å²) in [5.41, 5.74) is -0.389. The molecule has 4 heteroatoms. The third-order valence-electron chi connectivity index (χ3n) is 4.42. The normalized spacial score (nSPS) is 29.2. The average Bonchev–Trinajstić information content (AvgIpc) is 3.09. The van der Waals surface area contributed by atoms with Gasteiger partial charge in [0.25, 0.3) is 0 Å². The Morgan fingerprint density at radius 2 is 1.83 bits per heavy atom. The summed E-state index contributed by atoms with van der Waals surface area (Å²) in [4.78, 5) is 25.5. The minimum Gasteiger partial charge on any atom is -0.481 e. The number of amides is 1. The third-order valence-corrected chi connectivity index (χ3v) is 4.42. The molecule has 0 spiro atoms. The standard InChI is InChI=1S/C14H23NO3/c1-8(2)15(7-9-5-6-9)12(16)10-11(13(17)18)14(10,3)4/h8-11H,5-7H2,1-4H3,(H,17,18)/t10-,11+/m1/s1. The molecule has 0 aromatic rings. The van der Waals surface area contributed by atoms with Crippen LogP contribution in [0, 0.1) is 23.2 Å². The number of rotatable bonds is 5. The molecule has 0 bridgehead atoms. The molecular weight excluding hydrogens is 230 g/mol. The molecule has 0 saturated heterocycles. The van der Waals surface area contributed by atoms with Gasteiger partial charge >= 0.3 is 5.97 Å². The molecule has 0 aliphatic heterocycles. The van der Waals surface area contributed by atoms with E-state index in [9.17, 15) is 9.59 Å². The second kappa shape index (κ2) is 4.25. The molecule has 102 valence electrons. The molecule has 1 amide bonds. The number of carbonyl (C=O) groups excluding carboxylic acids is 1. The lowest BCUT2D eigenvalue weighted by Crippen LogP contribution is -2.40. The van der Waals surface area contributed by atoms with E-state index in [0.717, 1.165) is 6.54 Å². The molecule has 2 saturated carbocycles. The quantitative estimate of drug-likeness (QED) is 0.815. The Balaban J connectivity index is 2.07. The van der Waals surface area contributed by atoms with Gasteiger partial charge in [-0.1, -0.05) is 13.8 Å². The third kappa shape index (κ3) is 2.25. The topological polar surface area (TPSA) is 57.6 Å². The van der Waals surface area contributed by atoms with E-state index in [1.54, 1.807) is 0 Å². The molecule has 0 aromatic carbocycles. The van der Waals surface area contributed by atoms with Gasteiger partial charge < -0.3 is 10.0 Å². The summed E-state index contributed by atoms with van der Waals surface area (Å²) < 4.78 is 0. The summed E-state index contributed by atoms with van der Waals surface area (Å²) in [6, 6.07) is 0.156. The van der Waals surface area contributed by atoms with E-state index in [0.29, 0.717) is 5.92 Å². The van der Waals surface area contributed by atoms with Crippen LogP contribution in [0.3, 0.4) is 0 Å². The maximum atomic E-state index is 12.5. The number of aliphatic carboxylic acids is 1.